The number of nitrogens with one attached hydrogen (secondary N) is 1. The summed E-state index contributed by atoms with van der Waals surface area (Å²) in [4.78, 5) is 16.4. The molecule has 1 saturated carbocycles. The van der Waals surface area contributed by atoms with Crippen molar-refractivity contribution in [2.45, 2.75) is 52.2 Å². The van der Waals surface area contributed by atoms with Gasteiger partial charge in [0.25, 0.3) is 5.91 Å². The number of rotatable bonds is 5. The summed E-state index contributed by atoms with van der Waals surface area (Å²) in [5.74, 6) is 2.35. The number of carbonyl (C=O) groups excluding carboxylic acids is 1. The van der Waals surface area contributed by atoms with Gasteiger partial charge in [0.15, 0.2) is 6.61 Å². The maximum atomic E-state index is 12.3. The Bertz CT molecular complexity index is 681. The normalized spacial score (nSPS) is 20.6. The van der Waals surface area contributed by atoms with Crippen LogP contribution in [0, 0.1) is 12.8 Å². The summed E-state index contributed by atoms with van der Waals surface area (Å²) >= 11 is 0. The smallest absolute Gasteiger partial charge is 0.251 e. The van der Waals surface area contributed by atoms with Crippen LogP contribution in [0.25, 0.3) is 0 Å². The number of ether oxygens (including phenoxy) is 1. The zero-order valence-corrected chi connectivity index (χ0v) is 14.1. The Morgan fingerprint density at radius 1 is 1.33 bits per heavy atom. The van der Waals surface area contributed by atoms with Crippen molar-refractivity contribution in [3.05, 3.63) is 41.5 Å². The lowest BCUT2D eigenvalue weighted by Gasteiger charge is -2.27. The molecule has 128 valence electrons. The van der Waals surface area contributed by atoms with Gasteiger partial charge in [-0.05, 0) is 43.0 Å². The molecule has 1 fully saturated rings. The monoisotopic (exact) mass is 329 g/mol. The number of nitrogens with zero attached hydrogens (tertiary/aromatic N) is 2. The predicted octanol–water partition coefficient (Wildman–Crippen LogP) is 3.27. The van der Waals surface area contributed by atoms with Gasteiger partial charge in [0.05, 0.1) is 0 Å². The van der Waals surface area contributed by atoms with E-state index in [9.17, 15) is 4.79 Å². The number of aryl methyl sites for hydroxylation is 1. The van der Waals surface area contributed by atoms with Crippen molar-refractivity contribution >= 4 is 5.91 Å². The topological polar surface area (TPSA) is 77.2 Å². The third-order valence-corrected chi connectivity index (χ3v) is 4.33. The van der Waals surface area contributed by atoms with Gasteiger partial charge in [-0.15, -0.1) is 0 Å². The Hall–Kier alpha value is -2.37. The number of amides is 1. The van der Waals surface area contributed by atoms with E-state index >= 15 is 0 Å². The molecule has 1 heterocycles. The van der Waals surface area contributed by atoms with Crippen LogP contribution in [0.3, 0.4) is 0 Å². The zero-order valence-electron chi connectivity index (χ0n) is 14.1. The fourth-order valence-corrected chi connectivity index (χ4v) is 3.08. The summed E-state index contributed by atoms with van der Waals surface area (Å²) < 4.78 is 10.5. The van der Waals surface area contributed by atoms with Crippen molar-refractivity contribution in [2.24, 2.45) is 5.92 Å². The first-order valence-corrected chi connectivity index (χ1v) is 8.43. The quantitative estimate of drug-likeness (QED) is 0.911. The van der Waals surface area contributed by atoms with Crippen LogP contribution >= 0.6 is 0 Å². The molecule has 1 aromatic carbocycles. The second-order valence-corrected chi connectivity index (χ2v) is 6.48. The van der Waals surface area contributed by atoms with E-state index in [1.54, 1.807) is 31.2 Å². The number of benzene rings is 1. The van der Waals surface area contributed by atoms with Gasteiger partial charge in [0.1, 0.15) is 5.75 Å². The third kappa shape index (κ3) is 4.34. The third-order valence-electron chi connectivity index (χ3n) is 4.33. The van der Waals surface area contributed by atoms with E-state index in [1.165, 1.54) is 12.8 Å². The van der Waals surface area contributed by atoms with Crippen LogP contribution in [0.5, 0.6) is 5.75 Å². The van der Waals surface area contributed by atoms with Crippen LogP contribution in [0.1, 0.15) is 54.7 Å². The minimum Gasteiger partial charge on any atom is -0.485 e. The molecular weight excluding hydrogens is 306 g/mol. The van der Waals surface area contributed by atoms with Gasteiger partial charge in [-0.25, -0.2) is 0 Å². The average Bonchev–Trinajstić information content (AvgIpc) is 2.99. The van der Waals surface area contributed by atoms with Gasteiger partial charge in [0.2, 0.25) is 11.7 Å². The molecule has 1 aliphatic carbocycles. The van der Waals surface area contributed by atoms with Crippen LogP contribution in [-0.4, -0.2) is 22.1 Å². The number of carbonyl (C=O) groups is 1. The van der Waals surface area contributed by atoms with Gasteiger partial charge in [-0.2, -0.15) is 4.98 Å². The first-order chi connectivity index (χ1) is 11.6. The Kier molecular flexibility index (Phi) is 5.13. The molecule has 24 heavy (non-hydrogen) atoms. The van der Waals surface area contributed by atoms with Gasteiger partial charge in [0, 0.05) is 18.5 Å². The lowest BCUT2D eigenvalue weighted by molar-refractivity contribution is 0.0921. The Morgan fingerprint density at radius 3 is 2.79 bits per heavy atom. The highest BCUT2D eigenvalue weighted by molar-refractivity contribution is 5.94. The highest BCUT2D eigenvalue weighted by Gasteiger charge is 2.20. The Morgan fingerprint density at radius 2 is 2.12 bits per heavy atom. The van der Waals surface area contributed by atoms with Gasteiger partial charge >= 0.3 is 0 Å². The average molecular weight is 329 g/mol. The molecule has 1 N–H and O–H groups in total. The van der Waals surface area contributed by atoms with Gasteiger partial charge < -0.3 is 14.6 Å². The van der Waals surface area contributed by atoms with Crippen molar-refractivity contribution in [1.29, 1.82) is 0 Å². The van der Waals surface area contributed by atoms with E-state index in [1.807, 2.05) is 0 Å². The first-order valence-electron chi connectivity index (χ1n) is 8.43. The molecule has 6 heteroatoms. The molecule has 0 aliphatic heterocycles. The maximum absolute atomic E-state index is 12.3. The molecule has 0 bridgehead atoms. The summed E-state index contributed by atoms with van der Waals surface area (Å²) in [6.45, 7) is 4.22. The molecule has 2 unspecified atom stereocenters. The highest BCUT2D eigenvalue weighted by Crippen LogP contribution is 2.24. The molecule has 2 aromatic rings. The Labute approximate surface area is 141 Å². The van der Waals surface area contributed by atoms with Crippen LogP contribution in [0.15, 0.2) is 28.8 Å². The molecular formula is C18H23N3O3. The first kappa shape index (κ1) is 16.5. The van der Waals surface area contributed by atoms with Crippen molar-refractivity contribution in [3.8, 4) is 5.75 Å². The van der Waals surface area contributed by atoms with Crippen LogP contribution in [0.2, 0.25) is 0 Å². The molecule has 3 rings (SSSR count). The number of hydrogen-bond donors (Lipinski definition) is 1. The fourth-order valence-electron chi connectivity index (χ4n) is 3.08. The molecule has 2 atom stereocenters. The highest BCUT2D eigenvalue weighted by atomic mass is 16.5. The van der Waals surface area contributed by atoms with Crippen LogP contribution in [0.4, 0.5) is 0 Å². The molecule has 1 aliphatic rings. The van der Waals surface area contributed by atoms with Crippen molar-refractivity contribution in [2.75, 3.05) is 0 Å². The van der Waals surface area contributed by atoms with E-state index in [0.29, 0.717) is 35.0 Å². The summed E-state index contributed by atoms with van der Waals surface area (Å²) in [6.07, 6.45) is 4.59. The summed E-state index contributed by atoms with van der Waals surface area (Å²) in [6, 6.07) is 7.41. The molecule has 0 radical (unpaired) electrons. The molecule has 0 spiro atoms. The number of aromatic nitrogens is 2. The standard InChI is InChI=1S/C18H23N3O3/c1-12-4-3-5-15(10-12)20-18(22)14-6-8-16(9-7-14)23-11-17-19-13(2)24-21-17/h6-9,12,15H,3-5,10-11H2,1-2H3,(H,20,22). The molecule has 1 aromatic heterocycles. The van der Waals surface area contributed by atoms with E-state index in [4.69, 9.17) is 9.26 Å². The van der Waals surface area contributed by atoms with E-state index < -0.39 is 0 Å². The largest absolute Gasteiger partial charge is 0.485 e. The fraction of sp³-hybridized carbons (Fsp3) is 0.500. The van der Waals surface area contributed by atoms with E-state index in [-0.39, 0.29) is 12.5 Å². The minimum absolute atomic E-state index is 0.0190. The van der Waals surface area contributed by atoms with Gasteiger partial charge in [-0.3, -0.25) is 4.79 Å². The van der Waals surface area contributed by atoms with Crippen LogP contribution < -0.4 is 10.1 Å². The van der Waals surface area contributed by atoms with Crippen molar-refractivity contribution in [1.82, 2.24) is 15.5 Å². The molecule has 6 nitrogen and oxygen atoms in total. The lowest BCUT2D eigenvalue weighted by atomic mass is 9.87. The van der Waals surface area contributed by atoms with Crippen molar-refractivity contribution in [3.63, 3.8) is 0 Å². The minimum atomic E-state index is -0.0190. The molecule has 0 saturated heterocycles. The van der Waals surface area contributed by atoms with E-state index in [2.05, 4.69) is 22.4 Å². The maximum Gasteiger partial charge on any atom is 0.251 e. The Balaban J connectivity index is 1.52. The zero-order chi connectivity index (χ0) is 16.9. The summed E-state index contributed by atoms with van der Waals surface area (Å²) in [7, 11) is 0. The summed E-state index contributed by atoms with van der Waals surface area (Å²) in [5, 5.41) is 6.91. The second kappa shape index (κ2) is 7.47. The SMILES string of the molecule is Cc1nc(COc2ccc(C(=O)NC3CCCC(C)C3)cc2)no1. The van der Waals surface area contributed by atoms with Crippen LogP contribution in [-0.2, 0) is 6.61 Å². The van der Waals surface area contributed by atoms with Crippen molar-refractivity contribution < 1.29 is 14.1 Å². The second-order valence-electron chi connectivity index (χ2n) is 6.48. The van der Waals surface area contributed by atoms with E-state index in [0.717, 1.165) is 12.8 Å². The molecule has 1 amide bonds. The lowest BCUT2D eigenvalue weighted by Crippen LogP contribution is -2.37. The summed E-state index contributed by atoms with van der Waals surface area (Å²) in [5.41, 5.74) is 0.649. The van der Waals surface area contributed by atoms with Gasteiger partial charge in [-0.1, -0.05) is 24.9 Å². The predicted molar refractivity (Wildman–Crippen MR) is 88.7 cm³/mol. The number of hydrogen-bond acceptors (Lipinski definition) is 5.